The summed E-state index contributed by atoms with van der Waals surface area (Å²) >= 11 is 0. The number of hydrogen-bond donors (Lipinski definition) is 2. The molecule has 0 radical (unpaired) electrons. The molecule has 0 bridgehead atoms. The van der Waals surface area contributed by atoms with E-state index in [-0.39, 0.29) is 11.1 Å². The van der Waals surface area contributed by atoms with Gasteiger partial charge in [0.05, 0.1) is 17.3 Å². The van der Waals surface area contributed by atoms with Gasteiger partial charge in [-0.2, -0.15) is 0 Å². The SMILES string of the molecule is CNC1(COc2cnc(C)c(-c3cccc(C(=O)O)c3)c2)CC1. The van der Waals surface area contributed by atoms with Crippen LogP contribution < -0.4 is 10.1 Å². The molecule has 5 heteroatoms. The fourth-order valence-electron chi connectivity index (χ4n) is 2.54. The zero-order chi connectivity index (χ0) is 16.4. The summed E-state index contributed by atoms with van der Waals surface area (Å²) in [7, 11) is 1.95. The summed E-state index contributed by atoms with van der Waals surface area (Å²) < 4.78 is 5.88. The largest absolute Gasteiger partial charge is 0.490 e. The highest BCUT2D eigenvalue weighted by molar-refractivity contribution is 5.89. The van der Waals surface area contributed by atoms with Gasteiger partial charge in [-0.25, -0.2) is 4.79 Å². The van der Waals surface area contributed by atoms with Crippen molar-refractivity contribution in [2.75, 3.05) is 13.7 Å². The molecule has 2 aromatic rings. The number of pyridine rings is 1. The molecule has 1 heterocycles. The summed E-state index contributed by atoms with van der Waals surface area (Å²) in [5.74, 6) is -0.234. The predicted octanol–water partition coefficient (Wildman–Crippen LogP) is 2.89. The van der Waals surface area contributed by atoms with Gasteiger partial charge in [0, 0.05) is 11.3 Å². The third-order valence-electron chi connectivity index (χ3n) is 4.38. The Kier molecular flexibility index (Phi) is 4.05. The van der Waals surface area contributed by atoms with E-state index < -0.39 is 5.97 Å². The van der Waals surface area contributed by atoms with Crippen LogP contribution >= 0.6 is 0 Å². The number of benzene rings is 1. The average molecular weight is 312 g/mol. The molecule has 0 saturated heterocycles. The lowest BCUT2D eigenvalue weighted by Gasteiger charge is -2.16. The Morgan fingerprint density at radius 3 is 2.83 bits per heavy atom. The van der Waals surface area contributed by atoms with Gasteiger partial charge < -0.3 is 15.2 Å². The molecule has 1 aliphatic rings. The number of rotatable bonds is 6. The Balaban J connectivity index is 1.85. The first kappa shape index (κ1) is 15.5. The summed E-state index contributed by atoms with van der Waals surface area (Å²) in [4.78, 5) is 15.5. The van der Waals surface area contributed by atoms with Crippen molar-refractivity contribution in [3.63, 3.8) is 0 Å². The first-order valence-electron chi connectivity index (χ1n) is 7.65. The lowest BCUT2D eigenvalue weighted by molar-refractivity contribution is 0.0697. The Labute approximate surface area is 135 Å². The molecule has 1 fully saturated rings. The maximum absolute atomic E-state index is 11.1. The van der Waals surface area contributed by atoms with Gasteiger partial charge in [-0.05, 0) is 50.6 Å². The summed E-state index contributed by atoms with van der Waals surface area (Å²) in [5, 5.41) is 12.4. The van der Waals surface area contributed by atoms with Gasteiger partial charge in [0.25, 0.3) is 0 Å². The number of carbonyl (C=O) groups is 1. The van der Waals surface area contributed by atoms with E-state index in [1.54, 1.807) is 24.4 Å². The highest BCUT2D eigenvalue weighted by atomic mass is 16.5. The number of carboxylic acids is 1. The van der Waals surface area contributed by atoms with E-state index in [1.165, 1.54) is 0 Å². The second-order valence-electron chi connectivity index (χ2n) is 6.01. The van der Waals surface area contributed by atoms with Crippen LogP contribution in [-0.4, -0.2) is 35.3 Å². The van der Waals surface area contributed by atoms with E-state index in [0.29, 0.717) is 12.4 Å². The van der Waals surface area contributed by atoms with Crippen molar-refractivity contribution in [2.45, 2.75) is 25.3 Å². The number of aryl methyl sites for hydroxylation is 1. The Morgan fingerprint density at radius 2 is 2.17 bits per heavy atom. The molecule has 0 spiro atoms. The number of carboxylic acid groups (broad SMARTS) is 1. The van der Waals surface area contributed by atoms with Crippen LogP contribution in [0.15, 0.2) is 36.5 Å². The number of likely N-dealkylation sites (N-methyl/N-ethyl adjacent to an activating group) is 1. The van der Waals surface area contributed by atoms with Crippen LogP contribution in [0.25, 0.3) is 11.1 Å². The minimum Gasteiger partial charge on any atom is -0.490 e. The molecule has 0 aliphatic heterocycles. The summed E-state index contributed by atoms with van der Waals surface area (Å²) in [6.45, 7) is 2.52. The van der Waals surface area contributed by atoms with Crippen LogP contribution in [0.5, 0.6) is 5.75 Å². The number of nitrogens with zero attached hydrogens (tertiary/aromatic N) is 1. The van der Waals surface area contributed by atoms with E-state index in [0.717, 1.165) is 29.7 Å². The van der Waals surface area contributed by atoms with Crippen molar-refractivity contribution in [2.24, 2.45) is 0 Å². The molecule has 0 unspecified atom stereocenters. The number of hydrogen-bond acceptors (Lipinski definition) is 4. The molecule has 0 amide bonds. The zero-order valence-electron chi connectivity index (χ0n) is 13.3. The third-order valence-corrected chi connectivity index (χ3v) is 4.38. The fourth-order valence-corrected chi connectivity index (χ4v) is 2.54. The maximum Gasteiger partial charge on any atom is 0.335 e. The van der Waals surface area contributed by atoms with Crippen molar-refractivity contribution >= 4 is 5.97 Å². The van der Waals surface area contributed by atoms with Crippen LogP contribution in [-0.2, 0) is 0 Å². The Hall–Kier alpha value is -2.40. The van der Waals surface area contributed by atoms with Crippen LogP contribution in [0, 0.1) is 6.92 Å². The molecule has 1 aliphatic carbocycles. The lowest BCUT2D eigenvalue weighted by atomic mass is 10.0. The van der Waals surface area contributed by atoms with Crippen molar-refractivity contribution in [3.8, 4) is 16.9 Å². The zero-order valence-corrected chi connectivity index (χ0v) is 13.3. The molecule has 1 saturated carbocycles. The molecular formula is C18H20N2O3. The minimum atomic E-state index is -0.936. The van der Waals surface area contributed by atoms with Gasteiger partial charge in [-0.1, -0.05) is 12.1 Å². The molecule has 1 aromatic heterocycles. The third kappa shape index (κ3) is 3.35. The van der Waals surface area contributed by atoms with Crippen molar-refractivity contribution in [1.82, 2.24) is 10.3 Å². The standard InChI is InChI=1S/C18H20N2O3/c1-12-16(13-4-3-5-14(8-13)17(21)22)9-15(10-20-12)23-11-18(19-2)6-7-18/h3-5,8-10,19H,6-7,11H2,1-2H3,(H,21,22). The van der Waals surface area contributed by atoms with Crippen molar-refractivity contribution < 1.29 is 14.6 Å². The molecule has 120 valence electrons. The number of ether oxygens (including phenoxy) is 1. The summed E-state index contributed by atoms with van der Waals surface area (Å²) in [6, 6.07) is 8.79. The van der Waals surface area contributed by atoms with E-state index in [4.69, 9.17) is 9.84 Å². The topological polar surface area (TPSA) is 71.5 Å². The van der Waals surface area contributed by atoms with Gasteiger partial charge in [-0.3, -0.25) is 4.98 Å². The normalized spacial score (nSPS) is 15.2. The Bertz CT molecular complexity index is 739. The van der Waals surface area contributed by atoms with Gasteiger partial charge in [0.2, 0.25) is 0 Å². The van der Waals surface area contributed by atoms with E-state index >= 15 is 0 Å². The van der Waals surface area contributed by atoms with E-state index in [2.05, 4.69) is 10.3 Å². The van der Waals surface area contributed by atoms with Crippen LogP contribution in [0.4, 0.5) is 0 Å². The molecule has 5 nitrogen and oxygen atoms in total. The summed E-state index contributed by atoms with van der Waals surface area (Å²) in [5.41, 5.74) is 2.93. The van der Waals surface area contributed by atoms with Crippen molar-refractivity contribution in [1.29, 1.82) is 0 Å². The fraction of sp³-hybridized carbons (Fsp3) is 0.333. The second-order valence-corrected chi connectivity index (χ2v) is 6.01. The van der Waals surface area contributed by atoms with Crippen LogP contribution in [0.3, 0.4) is 0 Å². The number of aromatic nitrogens is 1. The molecule has 3 rings (SSSR count). The van der Waals surface area contributed by atoms with Gasteiger partial charge >= 0.3 is 5.97 Å². The van der Waals surface area contributed by atoms with Crippen molar-refractivity contribution in [3.05, 3.63) is 47.8 Å². The molecule has 1 aromatic carbocycles. The quantitative estimate of drug-likeness (QED) is 0.858. The smallest absolute Gasteiger partial charge is 0.335 e. The van der Waals surface area contributed by atoms with Crippen LogP contribution in [0.1, 0.15) is 28.9 Å². The Morgan fingerprint density at radius 1 is 1.39 bits per heavy atom. The first-order valence-corrected chi connectivity index (χ1v) is 7.65. The van der Waals surface area contributed by atoms with Gasteiger partial charge in [0.1, 0.15) is 12.4 Å². The minimum absolute atomic E-state index is 0.105. The van der Waals surface area contributed by atoms with Crippen LogP contribution in [0.2, 0.25) is 0 Å². The molecule has 0 atom stereocenters. The number of nitrogens with one attached hydrogen (secondary N) is 1. The molecule has 2 N–H and O–H groups in total. The van der Waals surface area contributed by atoms with Gasteiger partial charge in [0.15, 0.2) is 0 Å². The maximum atomic E-state index is 11.1. The average Bonchev–Trinajstić information content (AvgIpc) is 3.35. The lowest BCUT2D eigenvalue weighted by Crippen LogP contribution is -2.33. The van der Waals surface area contributed by atoms with Gasteiger partial charge in [-0.15, -0.1) is 0 Å². The summed E-state index contributed by atoms with van der Waals surface area (Å²) in [6.07, 6.45) is 3.96. The van der Waals surface area contributed by atoms with E-state index in [1.807, 2.05) is 26.1 Å². The monoisotopic (exact) mass is 312 g/mol. The molecular weight excluding hydrogens is 292 g/mol. The number of aromatic carboxylic acids is 1. The highest BCUT2D eigenvalue weighted by Crippen LogP contribution is 2.35. The molecule has 23 heavy (non-hydrogen) atoms. The second kappa shape index (κ2) is 6.01. The first-order chi connectivity index (χ1) is 11.0. The predicted molar refractivity (Wildman–Crippen MR) is 87.9 cm³/mol. The van der Waals surface area contributed by atoms with E-state index in [9.17, 15) is 4.79 Å². The highest BCUT2D eigenvalue weighted by Gasteiger charge is 2.41.